The van der Waals surface area contributed by atoms with E-state index in [1.807, 2.05) is 13.0 Å². The zero-order valence-electron chi connectivity index (χ0n) is 13.7. The van der Waals surface area contributed by atoms with Crippen molar-refractivity contribution < 1.29 is 23.8 Å². The minimum Gasteiger partial charge on any atom is -0.481 e. The molecule has 0 saturated carbocycles. The SMILES string of the molecule is CCc1ccc(C(=O)NCC2=C(F)CC(Br)C=C2)c(OCC(=O)O)c1. The van der Waals surface area contributed by atoms with Crippen molar-refractivity contribution in [2.75, 3.05) is 13.2 Å². The Hall–Kier alpha value is -2.15. The Morgan fingerprint density at radius 3 is 2.84 bits per heavy atom. The molecule has 134 valence electrons. The molecule has 0 radical (unpaired) electrons. The van der Waals surface area contributed by atoms with E-state index < -0.39 is 18.5 Å². The number of carbonyl (C=O) groups excluding carboxylic acids is 1. The zero-order chi connectivity index (χ0) is 18.4. The maximum atomic E-state index is 13.9. The van der Waals surface area contributed by atoms with Crippen LogP contribution < -0.4 is 10.1 Å². The number of benzene rings is 1. The number of aryl methyl sites for hydroxylation is 1. The molecule has 1 amide bonds. The van der Waals surface area contributed by atoms with Gasteiger partial charge in [-0.15, -0.1) is 0 Å². The maximum absolute atomic E-state index is 13.9. The van der Waals surface area contributed by atoms with Crippen molar-refractivity contribution in [2.45, 2.75) is 24.6 Å². The third-order valence-electron chi connectivity index (χ3n) is 3.72. The second-order valence-corrected chi connectivity index (χ2v) is 6.73. The third-order valence-corrected chi connectivity index (χ3v) is 4.35. The molecule has 1 aromatic rings. The fourth-order valence-corrected chi connectivity index (χ4v) is 2.78. The Bertz CT molecular complexity index is 730. The highest BCUT2D eigenvalue weighted by molar-refractivity contribution is 9.09. The summed E-state index contributed by atoms with van der Waals surface area (Å²) in [6.45, 7) is 1.45. The molecule has 2 rings (SSSR count). The van der Waals surface area contributed by atoms with Gasteiger partial charge in [0.1, 0.15) is 11.6 Å². The van der Waals surface area contributed by atoms with Crippen LogP contribution in [0.25, 0.3) is 0 Å². The van der Waals surface area contributed by atoms with Crippen molar-refractivity contribution in [2.24, 2.45) is 0 Å². The van der Waals surface area contributed by atoms with Crippen molar-refractivity contribution in [3.05, 3.63) is 52.9 Å². The van der Waals surface area contributed by atoms with Gasteiger partial charge in [0, 0.05) is 23.4 Å². The Labute approximate surface area is 153 Å². The van der Waals surface area contributed by atoms with Gasteiger partial charge in [0.05, 0.1) is 5.56 Å². The fourth-order valence-electron chi connectivity index (χ4n) is 2.34. The second kappa shape index (κ2) is 8.80. The van der Waals surface area contributed by atoms with E-state index >= 15 is 0 Å². The molecule has 0 aromatic heterocycles. The Morgan fingerprint density at radius 2 is 2.20 bits per heavy atom. The van der Waals surface area contributed by atoms with Gasteiger partial charge in [-0.3, -0.25) is 4.79 Å². The number of halogens is 2. The molecule has 0 heterocycles. The van der Waals surface area contributed by atoms with E-state index in [1.54, 1.807) is 24.3 Å². The van der Waals surface area contributed by atoms with E-state index in [0.29, 0.717) is 5.57 Å². The lowest BCUT2D eigenvalue weighted by Crippen LogP contribution is -2.27. The largest absolute Gasteiger partial charge is 0.481 e. The van der Waals surface area contributed by atoms with Crippen molar-refractivity contribution >= 4 is 27.8 Å². The number of alkyl halides is 1. The number of ether oxygens (including phenoxy) is 1. The lowest BCUT2D eigenvalue weighted by molar-refractivity contribution is -0.139. The van der Waals surface area contributed by atoms with Crippen LogP contribution in [0, 0.1) is 0 Å². The van der Waals surface area contributed by atoms with Crippen LogP contribution in [-0.4, -0.2) is 35.0 Å². The average Bonchev–Trinajstić information content (AvgIpc) is 2.58. The highest BCUT2D eigenvalue weighted by Crippen LogP contribution is 2.25. The number of hydrogen-bond acceptors (Lipinski definition) is 3. The van der Waals surface area contributed by atoms with E-state index in [4.69, 9.17) is 9.84 Å². The van der Waals surface area contributed by atoms with Crippen LogP contribution >= 0.6 is 15.9 Å². The summed E-state index contributed by atoms with van der Waals surface area (Å²) in [4.78, 5) is 23.1. The summed E-state index contributed by atoms with van der Waals surface area (Å²) in [5.41, 5.74) is 1.56. The van der Waals surface area contributed by atoms with Gasteiger partial charge in [-0.2, -0.15) is 0 Å². The molecular weight excluding hydrogens is 393 g/mol. The van der Waals surface area contributed by atoms with Crippen LogP contribution in [0.1, 0.15) is 29.3 Å². The topological polar surface area (TPSA) is 75.6 Å². The second-order valence-electron chi connectivity index (χ2n) is 5.56. The summed E-state index contributed by atoms with van der Waals surface area (Å²) in [6.07, 6.45) is 4.43. The van der Waals surface area contributed by atoms with E-state index in [0.717, 1.165) is 12.0 Å². The van der Waals surface area contributed by atoms with Crippen molar-refractivity contribution in [3.8, 4) is 5.75 Å². The maximum Gasteiger partial charge on any atom is 0.341 e. The molecule has 25 heavy (non-hydrogen) atoms. The molecule has 0 saturated heterocycles. The summed E-state index contributed by atoms with van der Waals surface area (Å²) in [5.74, 6) is -1.64. The molecule has 1 unspecified atom stereocenters. The number of aliphatic carboxylic acids is 1. The van der Waals surface area contributed by atoms with Crippen molar-refractivity contribution in [3.63, 3.8) is 0 Å². The summed E-state index contributed by atoms with van der Waals surface area (Å²) in [7, 11) is 0. The lowest BCUT2D eigenvalue weighted by atomic mass is 10.0. The number of hydrogen-bond donors (Lipinski definition) is 2. The van der Waals surface area contributed by atoms with Crippen LogP contribution in [0.3, 0.4) is 0 Å². The van der Waals surface area contributed by atoms with Gasteiger partial charge in [-0.1, -0.05) is 41.1 Å². The molecule has 0 fully saturated rings. The summed E-state index contributed by atoms with van der Waals surface area (Å²) < 4.78 is 19.1. The summed E-state index contributed by atoms with van der Waals surface area (Å²) in [6, 6.07) is 5.01. The monoisotopic (exact) mass is 411 g/mol. The first-order valence-electron chi connectivity index (χ1n) is 7.86. The number of allylic oxidation sites excluding steroid dienone is 2. The summed E-state index contributed by atoms with van der Waals surface area (Å²) in [5, 5.41) is 11.4. The predicted octanol–water partition coefficient (Wildman–Crippen LogP) is 3.39. The number of rotatable bonds is 7. The lowest BCUT2D eigenvalue weighted by Gasteiger charge is -2.15. The molecule has 7 heteroatoms. The molecule has 1 atom stereocenters. The van der Waals surface area contributed by atoms with Crippen LogP contribution in [0.15, 0.2) is 41.8 Å². The van der Waals surface area contributed by atoms with E-state index in [2.05, 4.69) is 21.2 Å². The smallest absolute Gasteiger partial charge is 0.341 e. The van der Waals surface area contributed by atoms with Gasteiger partial charge in [0.15, 0.2) is 6.61 Å². The van der Waals surface area contributed by atoms with Crippen LogP contribution in [-0.2, 0) is 11.2 Å². The first kappa shape index (κ1) is 19.2. The summed E-state index contributed by atoms with van der Waals surface area (Å²) >= 11 is 3.31. The number of nitrogens with one attached hydrogen (secondary N) is 1. The van der Waals surface area contributed by atoms with Crippen LogP contribution in [0.5, 0.6) is 5.75 Å². The van der Waals surface area contributed by atoms with Gasteiger partial charge in [0.25, 0.3) is 5.91 Å². The van der Waals surface area contributed by atoms with Gasteiger partial charge < -0.3 is 15.2 Å². The molecule has 2 N–H and O–H groups in total. The van der Waals surface area contributed by atoms with Crippen molar-refractivity contribution in [1.29, 1.82) is 0 Å². The molecule has 5 nitrogen and oxygen atoms in total. The zero-order valence-corrected chi connectivity index (χ0v) is 15.3. The first-order chi connectivity index (χ1) is 11.9. The predicted molar refractivity (Wildman–Crippen MR) is 95.9 cm³/mol. The van der Waals surface area contributed by atoms with Gasteiger partial charge in [-0.05, 0) is 24.1 Å². The molecule has 0 bridgehead atoms. The normalized spacial score (nSPS) is 16.7. The van der Waals surface area contributed by atoms with E-state index in [9.17, 15) is 14.0 Å². The Kier molecular flexibility index (Phi) is 6.75. The quantitative estimate of drug-likeness (QED) is 0.674. The van der Waals surface area contributed by atoms with Crippen LogP contribution in [0.2, 0.25) is 0 Å². The van der Waals surface area contributed by atoms with E-state index in [1.165, 1.54) is 0 Å². The van der Waals surface area contributed by atoms with Gasteiger partial charge in [-0.25, -0.2) is 9.18 Å². The molecule has 0 aliphatic heterocycles. The van der Waals surface area contributed by atoms with Crippen LogP contribution in [0.4, 0.5) is 4.39 Å². The molecule has 0 spiro atoms. The third kappa shape index (κ3) is 5.42. The standard InChI is InChI=1S/C18H19BrFNO4/c1-2-11-3-6-14(16(7-11)25-10-17(22)23)18(24)21-9-12-4-5-13(19)8-15(12)20/h3-7,13H,2,8-10H2,1H3,(H,21,24)(H,22,23). The minimum atomic E-state index is -1.13. The molecule has 1 aliphatic rings. The molecule has 1 aromatic carbocycles. The Morgan fingerprint density at radius 1 is 1.44 bits per heavy atom. The highest BCUT2D eigenvalue weighted by Gasteiger charge is 2.17. The van der Waals surface area contributed by atoms with E-state index in [-0.39, 0.29) is 34.9 Å². The van der Waals surface area contributed by atoms with Gasteiger partial charge in [0.2, 0.25) is 0 Å². The number of carboxylic acid groups (broad SMARTS) is 1. The van der Waals surface area contributed by atoms with Crippen molar-refractivity contribution in [1.82, 2.24) is 5.32 Å². The van der Waals surface area contributed by atoms with Gasteiger partial charge >= 0.3 is 5.97 Å². The fraction of sp³-hybridized carbons (Fsp3) is 0.333. The minimum absolute atomic E-state index is 0.0374. The number of carbonyl (C=O) groups is 2. The number of amides is 1. The average molecular weight is 412 g/mol. The molecular formula is C18H19BrFNO4. The Balaban J connectivity index is 2.11. The first-order valence-corrected chi connectivity index (χ1v) is 8.77. The number of carboxylic acids is 1. The molecule has 1 aliphatic carbocycles. The highest BCUT2D eigenvalue weighted by atomic mass is 79.9.